The van der Waals surface area contributed by atoms with Crippen molar-refractivity contribution in [2.24, 2.45) is 5.16 Å². The van der Waals surface area contributed by atoms with Crippen molar-refractivity contribution in [1.29, 1.82) is 0 Å². The van der Waals surface area contributed by atoms with Gasteiger partial charge in [-0.2, -0.15) is 0 Å². The molecule has 0 unspecified atom stereocenters. The van der Waals surface area contributed by atoms with Gasteiger partial charge in [-0.25, -0.2) is 0 Å². The molecule has 0 radical (unpaired) electrons. The summed E-state index contributed by atoms with van der Waals surface area (Å²) < 4.78 is 0. The third kappa shape index (κ3) is 5.60. The van der Waals surface area contributed by atoms with E-state index in [2.05, 4.69) is 12.1 Å². The molecule has 0 aromatic rings. The number of rotatable bonds is 2. The summed E-state index contributed by atoms with van der Waals surface area (Å²) in [5.74, 6) is 0. The Hall–Kier alpha value is -0.530. The van der Waals surface area contributed by atoms with Gasteiger partial charge in [-0.05, 0) is 34.1 Å². The Morgan fingerprint density at radius 1 is 1.40 bits per heavy atom. The van der Waals surface area contributed by atoms with Gasteiger partial charge in [-0.3, -0.25) is 0 Å². The lowest BCUT2D eigenvalue weighted by Gasteiger charge is -2.15. The Bertz CT molecular complexity index is 122. The van der Waals surface area contributed by atoms with Crippen LogP contribution in [0.3, 0.4) is 0 Å². The second-order valence-corrected chi connectivity index (χ2v) is 3.38. The predicted octanol–water partition coefficient (Wildman–Crippen LogP) is 2.59. The van der Waals surface area contributed by atoms with Crippen LogP contribution in [0.15, 0.2) is 5.16 Å². The Labute approximate surface area is 63.3 Å². The van der Waals surface area contributed by atoms with E-state index in [-0.39, 0.29) is 5.60 Å². The predicted molar refractivity (Wildman–Crippen MR) is 44.2 cm³/mol. The van der Waals surface area contributed by atoms with Crippen LogP contribution in [-0.2, 0) is 4.84 Å². The minimum absolute atomic E-state index is 0.156. The highest BCUT2D eigenvalue weighted by Gasteiger charge is 2.09. The maximum Gasteiger partial charge on any atom is 0.129 e. The van der Waals surface area contributed by atoms with Crippen LogP contribution in [0.5, 0.6) is 0 Å². The highest BCUT2D eigenvalue weighted by atomic mass is 16.6. The average molecular weight is 143 g/mol. The van der Waals surface area contributed by atoms with Gasteiger partial charge >= 0.3 is 0 Å². The topological polar surface area (TPSA) is 21.6 Å². The van der Waals surface area contributed by atoms with Crippen molar-refractivity contribution < 1.29 is 4.84 Å². The average Bonchev–Trinajstić information content (AvgIpc) is 1.81. The molecular formula is C8H17NO. The number of hydrogen-bond acceptors (Lipinski definition) is 2. The SMILES string of the molecule is CC/C(C)=N\OC(C)(C)C. The van der Waals surface area contributed by atoms with Gasteiger partial charge in [0.15, 0.2) is 0 Å². The second-order valence-electron chi connectivity index (χ2n) is 3.38. The lowest BCUT2D eigenvalue weighted by atomic mass is 10.2. The van der Waals surface area contributed by atoms with Crippen LogP contribution in [0.4, 0.5) is 0 Å². The van der Waals surface area contributed by atoms with Crippen LogP contribution in [0.1, 0.15) is 41.0 Å². The van der Waals surface area contributed by atoms with Crippen molar-refractivity contribution in [3.63, 3.8) is 0 Å². The summed E-state index contributed by atoms with van der Waals surface area (Å²) in [6.45, 7) is 9.98. The third-order valence-corrected chi connectivity index (χ3v) is 0.987. The fourth-order valence-electron chi connectivity index (χ4n) is 0.279. The molecule has 10 heavy (non-hydrogen) atoms. The van der Waals surface area contributed by atoms with E-state index in [0.29, 0.717) is 0 Å². The molecule has 60 valence electrons. The molecular weight excluding hydrogens is 126 g/mol. The molecule has 0 aromatic heterocycles. The van der Waals surface area contributed by atoms with Gasteiger partial charge in [0.25, 0.3) is 0 Å². The van der Waals surface area contributed by atoms with E-state index in [4.69, 9.17) is 4.84 Å². The molecule has 0 bridgehead atoms. The van der Waals surface area contributed by atoms with Crippen LogP contribution in [0, 0.1) is 0 Å². The second kappa shape index (κ2) is 3.59. The number of oxime groups is 1. The molecule has 0 rings (SSSR count). The molecule has 0 saturated heterocycles. The van der Waals surface area contributed by atoms with E-state index < -0.39 is 0 Å². The molecule has 0 atom stereocenters. The Morgan fingerprint density at radius 2 is 1.90 bits per heavy atom. The van der Waals surface area contributed by atoms with Crippen molar-refractivity contribution in [2.45, 2.75) is 46.6 Å². The molecule has 0 N–H and O–H groups in total. The first-order valence-corrected chi connectivity index (χ1v) is 3.67. The highest BCUT2D eigenvalue weighted by molar-refractivity contribution is 5.80. The molecule has 0 spiro atoms. The molecule has 2 heteroatoms. The van der Waals surface area contributed by atoms with Gasteiger partial charge in [0, 0.05) is 0 Å². The van der Waals surface area contributed by atoms with Gasteiger partial charge in [0.1, 0.15) is 5.60 Å². The van der Waals surface area contributed by atoms with Crippen molar-refractivity contribution in [3.8, 4) is 0 Å². The maximum absolute atomic E-state index is 5.17. The van der Waals surface area contributed by atoms with Crippen molar-refractivity contribution >= 4 is 5.71 Å². The minimum Gasteiger partial charge on any atom is -0.390 e. The zero-order chi connectivity index (χ0) is 8.20. The summed E-state index contributed by atoms with van der Waals surface area (Å²) in [7, 11) is 0. The van der Waals surface area contributed by atoms with E-state index in [1.165, 1.54) is 0 Å². The van der Waals surface area contributed by atoms with Crippen molar-refractivity contribution in [1.82, 2.24) is 0 Å². The standard InChI is InChI=1S/C8H17NO/c1-6-7(2)9-10-8(3,4)5/h6H2,1-5H3/b9-7-. The first-order valence-electron chi connectivity index (χ1n) is 3.67. The minimum atomic E-state index is -0.156. The van der Waals surface area contributed by atoms with Crippen LogP contribution >= 0.6 is 0 Å². The third-order valence-electron chi connectivity index (χ3n) is 0.987. The van der Waals surface area contributed by atoms with Gasteiger partial charge in [-0.15, -0.1) is 0 Å². The molecule has 0 heterocycles. The summed E-state index contributed by atoms with van der Waals surface area (Å²) in [4.78, 5) is 5.17. The largest absolute Gasteiger partial charge is 0.390 e. The Balaban J connectivity index is 3.73. The first-order chi connectivity index (χ1) is 4.45. The van der Waals surface area contributed by atoms with Crippen LogP contribution < -0.4 is 0 Å². The summed E-state index contributed by atoms with van der Waals surface area (Å²) in [5, 5.41) is 3.93. The molecule has 0 amide bonds. The summed E-state index contributed by atoms with van der Waals surface area (Å²) >= 11 is 0. The van der Waals surface area contributed by atoms with Gasteiger partial charge in [-0.1, -0.05) is 12.1 Å². The lowest BCUT2D eigenvalue weighted by Crippen LogP contribution is -2.16. The normalized spacial score (nSPS) is 13.5. The molecule has 0 saturated carbocycles. The molecule has 0 fully saturated rings. The van der Waals surface area contributed by atoms with Crippen molar-refractivity contribution in [3.05, 3.63) is 0 Å². The zero-order valence-electron chi connectivity index (χ0n) is 7.56. The molecule has 0 aliphatic carbocycles. The van der Waals surface area contributed by atoms with Crippen molar-refractivity contribution in [2.75, 3.05) is 0 Å². The van der Waals surface area contributed by atoms with Gasteiger partial charge < -0.3 is 4.84 Å². The van der Waals surface area contributed by atoms with E-state index in [1.54, 1.807) is 0 Å². The summed E-state index contributed by atoms with van der Waals surface area (Å²) in [6.07, 6.45) is 0.954. The first kappa shape index (κ1) is 9.47. The number of nitrogens with zero attached hydrogens (tertiary/aromatic N) is 1. The summed E-state index contributed by atoms with van der Waals surface area (Å²) in [5.41, 5.74) is 0.881. The quantitative estimate of drug-likeness (QED) is 0.430. The van der Waals surface area contributed by atoms with E-state index in [9.17, 15) is 0 Å². The van der Waals surface area contributed by atoms with Crippen LogP contribution in [0.25, 0.3) is 0 Å². The van der Waals surface area contributed by atoms with Crippen LogP contribution in [-0.4, -0.2) is 11.3 Å². The van der Waals surface area contributed by atoms with E-state index >= 15 is 0 Å². The smallest absolute Gasteiger partial charge is 0.129 e. The fraction of sp³-hybridized carbons (Fsp3) is 0.875. The zero-order valence-corrected chi connectivity index (χ0v) is 7.56. The van der Waals surface area contributed by atoms with E-state index in [0.717, 1.165) is 12.1 Å². The van der Waals surface area contributed by atoms with Gasteiger partial charge in [0.2, 0.25) is 0 Å². The summed E-state index contributed by atoms with van der Waals surface area (Å²) in [6, 6.07) is 0. The fourth-order valence-corrected chi connectivity index (χ4v) is 0.279. The molecule has 0 aromatic carbocycles. The lowest BCUT2D eigenvalue weighted by molar-refractivity contribution is 0.000514. The highest BCUT2D eigenvalue weighted by Crippen LogP contribution is 2.07. The number of hydrogen-bond donors (Lipinski definition) is 0. The Morgan fingerprint density at radius 3 is 2.20 bits per heavy atom. The van der Waals surface area contributed by atoms with Crippen LogP contribution in [0.2, 0.25) is 0 Å². The van der Waals surface area contributed by atoms with Gasteiger partial charge in [0.05, 0.1) is 5.71 Å². The molecule has 0 aliphatic heterocycles. The molecule has 2 nitrogen and oxygen atoms in total. The Kier molecular flexibility index (Phi) is 3.40. The molecule has 0 aliphatic rings. The maximum atomic E-state index is 5.17. The van der Waals surface area contributed by atoms with E-state index in [1.807, 2.05) is 27.7 Å². The monoisotopic (exact) mass is 143 g/mol.